The van der Waals surface area contributed by atoms with Crippen molar-refractivity contribution in [2.75, 3.05) is 38.1 Å². The molecule has 4 heterocycles. The Morgan fingerprint density at radius 1 is 0.828 bits per heavy atom. The van der Waals surface area contributed by atoms with Gasteiger partial charge in [0.25, 0.3) is 0 Å². The number of rotatable bonds is 3. The van der Waals surface area contributed by atoms with Crippen LogP contribution in [0, 0.1) is 5.82 Å². The second-order valence-electron chi connectivity index (χ2n) is 7.29. The van der Waals surface area contributed by atoms with Gasteiger partial charge in [0, 0.05) is 44.1 Å². The topological polar surface area (TPSA) is 50.1 Å². The average molecular weight is 388 g/mol. The zero-order valence-corrected chi connectivity index (χ0v) is 16.2. The van der Waals surface area contributed by atoms with Crippen molar-refractivity contribution in [1.29, 1.82) is 0 Å². The minimum absolute atomic E-state index is 0.268. The molecule has 5 rings (SSSR count). The summed E-state index contributed by atoms with van der Waals surface area (Å²) in [6, 6.07) is 14.3. The van der Waals surface area contributed by atoms with E-state index in [9.17, 15) is 4.39 Å². The van der Waals surface area contributed by atoms with E-state index >= 15 is 0 Å². The first kappa shape index (κ1) is 17.8. The highest BCUT2D eigenvalue weighted by Gasteiger charge is 2.19. The van der Waals surface area contributed by atoms with E-state index in [0.29, 0.717) is 0 Å². The van der Waals surface area contributed by atoms with Crippen LogP contribution in [-0.4, -0.2) is 57.6 Å². The summed E-state index contributed by atoms with van der Waals surface area (Å²) < 4.78 is 15.5. The van der Waals surface area contributed by atoms with Gasteiger partial charge in [0.2, 0.25) is 0 Å². The SMILES string of the molecule is CN1CCN(c2ccc3nc(-c4ccc(F)cc4)n(-c4ccncc4)c3n2)CC1. The highest BCUT2D eigenvalue weighted by Crippen LogP contribution is 2.29. The number of aromatic nitrogens is 4. The first-order chi connectivity index (χ1) is 14.2. The molecule has 0 unspecified atom stereocenters. The molecule has 0 spiro atoms. The first-order valence-electron chi connectivity index (χ1n) is 9.68. The summed E-state index contributed by atoms with van der Waals surface area (Å²) >= 11 is 0. The summed E-state index contributed by atoms with van der Waals surface area (Å²) in [5.74, 6) is 1.41. The number of piperazine rings is 1. The number of benzene rings is 1. The minimum atomic E-state index is -0.268. The maximum Gasteiger partial charge on any atom is 0.167 e. The van der Waals surface area contributed by atoms with Crippen LogP contribution < -0.4 is 4.90 Å². The Balaban J connectivity index is 1.68. The average Bonchev–Trinajstić information content (AvgIpc) is 3.14. The third-order valence-corrected chi connectivity index (χ3v) is 5.34. The molecule has 0 N–H and O–H groups in total. The van der Waals surface area contributed by atoms with Gasteiger partial charge in [0.15, 0.2) is 5.65 Å². The number of hydrogen-bond acceptors (Lipinski definition) is 5. The molecule has 146 valence electrons. The van der Waals surface area contributed by atoms with Gasteiger partial charge in [0.05, 0.1) is 5.69 Å². The largest absolute Gasteiger partial charge is 0.354 e. The van der Waals surface area contributed by atoms with Crippen molar-refractivity contribution < 1.29 is 4.39 Å². The van der Waals surface area contributed by atoms with Crippen molar-refractivity contribution in [2.45, 2.75) is 0 Å². The summed E-state index contributed by atoms with van der Waals surface area (Å²) in [5.41, 5.74) is 3.35. The number of fused-ring (bicyclic) bond motifs is 1. The van der Waals surface area contributed by atoms with Crippen molar-refractivity contribution >= 4 is 17.0 Å². The fourth-order valence-electron chi connectivity index (χ4n) is 3.69. The quantitative estimate of drug-likeness (QED) is 0.539. The zero-order valence-electron chi connectivity index (χ0n) is 16.2. The molecule has 0 radical (unpaired) electrons. The van der Waals surface area contributed by atoms with Gasteiger partial charge in [-0.3, -0.25) is 9.55 Å². The van der Waals surface area contributed by atoms with Gasteiger partial charge < -0.3 is 9.80 Å². The Morgan fingerprint density at radius 2 is 1.55 bits per heavy atom. The fraction of sp³-hybridized carbons (Fsp3) is 0.227. The molecule has 6 nitrogen and oxygen atoms in total. The maximum atomic E-state index is 13.5. The Morgan fingerprint density at radius 3 is 2.28 bits per heavy atom. The van der Waals surface area contributed by atoms with E-state index in [1.54, 1.807) is 24.5 Å². The molecule has 7 heteroatoms. The lowest BCUT2D eigenvalue weighted by atomic mass is 10.2. The summed E-state index contributed by atoms with van der Waals surface area (Å²) in [6.07, 6.45) is 3.50. The molecule has 0 atom stereocenters. The number of likely N-dealkylation sites (N-methyl/N-ethyl adjacent to an activating group) is 1. The minimum Gasteiger partial charge on any atom is -0.354 e. The van der Waals surface area contributed by atoms with E-state index in [1.165, 1.54) is 12.1 Å². The Labute approximate surface area is 168 Å². The Hall–Kier alpha value is -3.32. The van der Waals surface area contributed by atoms with Gasteiger partial charge in [-0.15, -0.1) is 0 Å². The van der Waals surface area contributed by atoms with Crippen LogP contribution >= 0.6 is 0 Å². The highest BCUT2D eigenvalue weighted by molar-refractivity contribution is 5.81. The van der Waals surface area contributed by atoms with Crippen LogP contribution in [0.2, 0.25) is 0 Å². The molecule has 1 aromatic carbocycles. The second-order valence-corrected chi connectivity index (χ2v) is 7.29. The Kier molecular flexibility index (Phi) is 4.44. The van der Waals surface area contributed by atoms with Crippen molar-refractivity contribution in [3.63, 3.8) is 0 Å². The molecule has 1 saturated heterocycles. The van der Waals surface area contributed by atoms with Gasteiger partial charge in [-0.25, -0.2) is 14.4 Å². The van der Waals surface area contributed by atoms with Crippen molar-refractivity contribution in [2.24, 2.45) is 0 Å². The third kappa shape index (κ3) is 3.34. The van der Waals surface area contributed by atoms with Gasteiger partial charge in [-0.1, -0.05) is 0 Å². The van der Waals surface area contributed by atoms with Crippen LogP contribution in [0.3, 0.4) is 0 Å². The molecule has 0 amide bonds. The maximum absolute atomic E-state index is 13.5. The van der Waals surface area contributed by atoms with Crippen LogP contribution in [0.25, 0.3) is 28.2 Å². The number of pyridine rings is 2. The predicted octanol–water partition coefficient (Wildman–Crippen LogP) is 3.37. The van der Waals surface area contributed by atoms with Crippen LogP contribution in [0.5, 0.6) is 0 Å². The fourth-order valence-corrected chi connectivity index (χ4v) is 3.69. The molecular formula is C22H21FN6. The molecule has 1 aliphatic heterocycles. The van der Waals surface area contributed by atoms with E-state index in [0.717, 1.165) is 60.2 Å². The first-order valence-corrected chi connectivity index (χ1v) is 9.68. The number of nitrogens with zero attached hydrogens (tertiary/aromatic N) is 6. The van der Waals surface area contributed by atoms with Crippen molar-refractivity contribution in [1.82, 2.24) is 24.4 Å². The molecule has 1 aliphatic rings. The monoisotopic (exact) mass is 388 g/mol. The lowest BCUT2D eigenvalue weighted by Crippen LogP contribution is -2.44. The van der Waals surface area contributed by atoms with E-state index in [4.69, 9.17) is 9.97 Å². The lowest BCUT2D eigenvalue weighted by Gasteiger charge is -2.33. The van der Waals surface area contributed by atoms with Crippen molar-refractivity contribution in [3.8, 4) is 17.1 Å². The number of halogens is 1. The van der Waals surface area contributed by atoms with Crippen LogP contribution in [0.4, 0.5) is 10.2 Å². The number of anilines is 1. The third-order valence-electron chi connectivity index (χ3n) is 5.34. The summed E-state index contributed by atoms with van der Waals surface area (Å²) in [5, 5.41) is 0. The van der Waals surface area contributed by atoms with E-state index in [-0.39, 0.29) is 5.82 Å². The summed E-state index contributed by atoms with van der Waals surface area (Å²) in [4.78, 5) is 18.6. The lowest BCUT2D eigenvalue weighted by molar-refractivity contribution is 0.312. The number of imidazole rings is 1. The van der Waals surface area contributed by atoms with Gasteiger partial charge in [0.1, 0.15) is 23.0 Å². The van der Waals surface area contributed by atoms with E-state index < -0.39 is 0 Å². The van der Waals surface area contributed by atoms with Gasteiger partial charge >= 0.3 is 0 Å². The highest BCUT2D eigenvalue weighted by atomic mass is 19.1. The summed E-state index contributed by atoms with van der Waals surface area (Å²) in [7, 11) is 2.14. The molecule has 29 heavy (non-hydrogen) atoms. The van der Waals surface area contributed by atoms with E-state index in [2.05, 4.69) is 21.8 Å². The smallest absolute Gasteiger partial charge is 0.167 e. The van der Waals surface area contributed by atoms with E-state index in [1.807, 2.05) is 28.8 Å². The molecular weight excluding hydrogens is 367 g/mol. The molecule has 0 aliphatic carbocycles. The number of hydrogen-bond donors (Lipinski definition) is 0. The second kappa shape index (κ2) is 7.25. The summed E-state index contributed by atoms with van der Waals surface area (Å²) in [6.45, 7) is 3.93. The zero-order chi connectivity index (χ0) is 19.8. The van der Waals surface area contributed by atoms with Gasteiger partial charge in [-0.05, 0) is 55.6 Å². The molecule has 3 aromatic heterocycles. The molecule has 4 aromatic rings. The van der Waals surface area contributed by atoms with Crippen LogP contribution in [-0.2, 0) is 0 Å². The normalized spacial score (nSPS) is 15.2. The van der Waals surface area contributed by atoms with Crippen LogP contribution in [0.15, 0.2) is 60.9 Å². The van der Waals surface area contributed by atoms with Crippen LogP contribution in [0.1, 0.15) is 0 Å². The predicted molar refractivity (Wildman–Crippen MR) is 112 cm³/mol. The molecule has 0 saturated carbocycles. The van der Waals surface area contributed by atoms with Gasteiger partial charge in [-0.2, -0.15) is 0 Å². The molecule has 1 fully saturated rings. The standard InChI is InChI=1S/C22H21FN6/c1-27-12-14-28(15-13-27)20-7-6-19-22(26-20)29(18-8-10-24-11-9-18)21(25-19)16-2-4-17(23)5-3-16/h2-11H,12-15H2,1H3. The Bertz CT molecular complexity index is 1130. The van der Waals surface area contributed by atoms with Crippen molar-refractivity contribution in [3.05, 3.63) is 66.7 Å². The molecule has 0 bridgehead atoms.